The topological polar surface area (TPSA) is 45.7 Å². The Hall–Kier alpha value is -2.11. The molecule has 1 aliphatic rings. The van der Waals surface area contributed by atoms with Crippen molar-refractivity contribution in [3.63, 3.8) is 0 Å². The molecule has 0 aromatic heterocycles. The summed E-state index contributed by atoms with van der Waals surface area (Å²) in [5, 5.41) is 12.5. The minimum atomic E-state index is -0.308. The molecule has 0 radical (unpaired) electrons. The molecule has 1 aliphatic heterocycles. The van der Waals surface area contributed by atoms with Gasteiger partial charge in [0.2, 0.25) is 0 Å². The summed E-state index contributed by atoms with van der Waals surface area (Å²) >= 11 is 0. The minimum absolute atomic E-state index is 0.132. The van der Waals surface area contributed by atoms with Gasteiger partial charge in [-0.2, -0.15) is 5.26 Å². The van der Waals surface area contributed by atoms with Crippen LogP contribution in [-0.4, -0.2) is 6.04 Å². The van der Waals surface area contributed by atoms with Gasteiger partial charge < -0.3 is 0 Å². The number of nitriles is 1. The number of nitrogens with zero attached hydrogens (tertiary/aromatic N) is 1. The van der Waals surface area contributed by atoms with Crippen LogP contribution in [0.15, 0.2) is 60.7 Å². The number of hydrogen-bond donors (Lipinski definition) is 1. The van der Waals surface area contributed by atoms with Gasteiger partial charge in [-0.15, -0.1) is 0 Å². The summed E-state index contributed by atoms with van der Waals surface area (Å²) in [7, 11) is 0. The normalized spacial score (nSPS) is 20.5. The SMILES string of the molecule is N#CC1NC1(c1ccccc1)c1ccccc1. The summed E-state index contributed by atoms with van der Waals surface area (Å²) in [6.07, 6.45) is 0. The number of nitrogens with one attached hydrogen (secondary N) is 1. The summed E-state index contributed by atoms with van der Waals surface area (Å²) in [4.78, 5) is 0. The molecule has 17 heavy (non-hydrogen) atoms. The van der Waals surface area contributed by atoms with Crippen molar-refractivity contribution in [1.82, 2.24) is 5.32 Å². The smallest absolute Gasteiger partial charge is 0.123 e. The van der Waals surface area contributed by atoms with Crippen LogP contribution in [0.1, 0.15) is 11.1 Å². The molecule has 1 fully saturated rings. The highest BCUT2D eigenvalue weighted by atomic mass is 15.2. The van der Waals surface area contributed by atoms with Crippen molar-refractivity contribution < 1.29 is 0 Å². The molecule has 1 atom stereocenters. The van der Waals surface area contributed by atoms with E-state index in [1.54, 1.807) is 0 Å². The molecule has 0 bridgehead atoms. The second-order valence-electron chi connectivity index (χ2n) is 4.25. The van der Waals surface area contributed by atoms with E-state index in [0.717, 1.165) is 11.1 Å². The largest absolute Gasteiger partial charge is 0.284 e. The highest BCUT2D eigenvalue weighted by Crippen LogP contribution is 2.43. The molecule has 2 nitrogen and oxygen atoms in total. The van der Waals surface area contributed by atoms with Crippen molar-refractivity contribution in [2.75, 3.05) is 0 Å². The van der Waals surface area contributed by atoms with Crippen molar-refractivity contribution in [2.24, 2.45) is 0 Å². The Morgan fingerprint density at radius 3 is 1.71 bits per heavy atom. The average molecular weight is 220 g/mol. The number of rotatable bonds is 2. The molecule has 2 heteroatoms. The molecule has 0 saturated carbocycles. The average Bonchev–Trinajstić information content (AvgIpc) is 3.17. The molecule has 2 aromatic rings. The molecule has 1 heterocycles. The summed E-state index contributed by atoms with van der Waals surface area (Å²) in [5.41, 5.74) is 1.99. The summed E-state index contributed by atoms with van der Waals surface area (Å²) in [6, 6.07) is 22.5. The van der Waals surface area contributed by atoms with E-state index in [4.69, 9.17) is 5.26 Å². The van der Waals surface area contributed by atoms with E-state index in [9.17, 15) is 0 Å². The Morgan fingerprint density at radius 1 is 0.882 bits per heavy atom. The molecule has 1 unspecified atom stereocenters. The zero-order valence-electron chi connectivity index (χ0n) is 9.30. The van der Waals surface area contributed by atoms with Crippen molar-refractivity contribution in [1.29, 1.82) is 5.26 Å². The molecule has 1 saturated heterocycles. The lowest BCUT2D eigenvalue weighted by Gasteiger charge is -2.14. The zero-order valence-corrected chi connectivity index (χ0v) is 9.30. The van der Waals surface area contributed by atoms with E-state index in [2.05, 4.69) is 35.7 Å². The Labute approximate surface area is 101 Å². The first kappa shape index (κ1) is 10.1. The quantitative estimate of drug-likeness (QED) is 0.790. The predicted octanol–water partition coefficient (Wildman–Crippen LogP) is 2.43. The van der Waals surface area contributed by atoms with Crippen molar-refractivity contribution in [3.8, 4) is 6.07 Å². The van der Waals surface area contributed by atoms with Crippen LogP contribution in [0.4, 0.5) is 0 Å². The van der Waals surface area contributed by atoms with Gasteiger partial charge in [0.05, 0.1) is 11.6 Å². The lowest BCUT2D eigenvalue weighted by Crippen LogP contribution is -2.16. The summed E-state index contributed by atoms with van der Waals surface area (Å²) < 4.78 is 0. The van der Waals surface area contributed by atoms with Crippen LogP contribution in [-0.2, 0) is 5.54 Å². The van der Waals surface area contributed by atoms with Gasteiger partial charge in [0.25, 0.3) is 0 Å². The monoisotopic (exact) mass is 220 g/mol. The molecular weight excluding hydrogens is 208 g/mol. The van der Waals surface area contributed by atoms with Gasteiger partial charge in [-0.05, 0) is 11.1 Å². The Kier molecular flexibility index (Phi) is 2.21. The van der Waals surface area contributed by atoms with Gasteiger partial charge in [-0.3, -0.25) is 5.32 Å². The van der Waals surface area contributed by atoms with Crippen molar-refractivity contribution in [2.45, 2.75) is 11.6 Å². The number of benzene rings is 2. The Balaban J connectivity index is 2.12. The van der Waals surface area contributed by atoms with E-state index >= 15 is 0 Å². The fraction of sp³-hybridized carbons (Fsp3) is 0.133. The highest BCUT2D eigenvalue weighted by Gasteiger charge is 2.56. The molecule has 2 aromatic carbocycles. The molecule has 0 spiro atoms. The maximum absolute atomic E-state index is 9.15. The molecule has 82 valence electrons. The van der Waals surface area contributed by atoms with Gasteiger partial charge in [-0.25, -0.2) is 0 Å². The standard InChI is InChI=1S/C15H12N2/c16-11-14-15(17-14,12-7-3-1-4-8-12)13-9-5-2-6-10-13/h1-10,14,17H. The van der Waals surface area contributed by atoms with Crippen LogP contribution in [0.3, 0.4) is 0 Å². The fourth-order valence-corrected chi connectivity index (χ4v) is 2.38. The molecule has 3 rings (SSSR count). The van der Waals surface area contributed by atoms with Crippen LogP contribution in [0.25, 0.3) is 0 Å². The summed E-state index contributed by atoms with van der Waals surface area (Å²) in [6.45, 7) is 0. The second-order valence-corrected chi connectivity index (χ2v) is 4.25. The minimum Gasteiger partial charge on any atom is -0.284 e. The van der Waals surface area contributed by atoms with E-state index < -0.39 is 0 Å². The van der Waals surface area contributed by atoms with Gasteiger partial charge >= 0.3 is 0 Å². The van der Waals surface area contributed by atoms with Crippen LogP contribution < -0.4 is 5.32 Å². The third kappa shape index (κ3) is 1.44. The zero-order chi connectivity index (χ0) is 11.7. The van der Waals surface area contributed by atoms with E-state index in [0.29, 0.717) is 0 Å². The molecule has 1 N–H and O–H groups in total. The van der Waals surface area contributed by atoms with Gasteiger partial charge in [-0.1, -0.05) is 60.7 Å². The predicted molar refractivity (Wildman–Crippen MR) is 66.2 cm³/mol. The van der Waals surface area contributed by atoms with E-state index in [-0.39, 0.29) is 11.6 Å². The maximum atomic E-state index is 9.15. The number of hydrogen-bond acceptors (Lipinski definition) is 2. The lowest BCUT2D eigenvalue weighted by atomic mass is 9.88. The van der Waals surface area contributed by atoms with Crippen LogP contribution in [0, 0.1) is 11.3 Å². The van der Waals surface area contributed by atoms with Gasteiger partial charge in [0, 0.05) is 0 Å². The highest BCUT2D eigenvalue weighted by molar-refractivity contribution is 5.50. The lowest BCUT2D eigenvalue weighted by molar-refractivity contribution is 0.807. The van der Waals surface area contributed by atoms with Crippen molar-refractivity contribution >= 4 is 0 Å². The first-order chi connectivity index (χ1) is 8.38. The molecule has 0 amide bonds. The van der Waals surface area contributed by atoms with Crippen LogP contribution in [0.2, 0.25) is 0 Å². The Bertz CT molecular complexity index is 515. The third-order valence-electron chi connectivity index (χ3n) is 3.31. The second kappa shape index (κ2) is 3.73. The van der Waals surface area contributed by atoms with Crippen LogP contribution in [0.5, 0.6) is 0 Å². The summed E-state index contributed by atoms with van der Waals surface area (Å²) in [5.74, 6) is 0. The van der Waals surface area contributed by atoms with E-state index in [1.165, 1.54) is 0 Å². The Morgan fingerprint density at radius 2 is 1.35 bits per heavy atom. The third-order valence-corrected chi connectivity index (χ3v) is 3.31. The fourth-order valence-electron chi connectivity index (χ4n) is 2.38. The van der Waals surface area contributed by atoms with Crippen molar-refractivity contribution in [3.05, 3.63) is 71.8 Å². The van der Waals surface area contributed by atoms with Gasteiger partial charge in [0.15, 0.2) is 0 Å². The van der Waals surface area contributed by atoms with Crippen LogP contribution >= 0.6 is 0 Å². The maximum Gasteiger partial charge on any atom is 0.123 e. The van der Waals surface area contributed by atoms with E-state index in [1.807, 2.05) is 36.4 Å². The van der Waals surface area contributed by atoms with Gasteiger partial charge in [0.1, 0.15) is 6.04 Å². The first-order valence-electron chi connectivity index (χ1n) is 5.66. The molecule has 0 aliphatic carbocycles. The first-order valence-corrected chi connectivity index (χ1v) is 5.66. The molecular formula is C15H12N2.